The molecule has 0 saturated heterocycles. The fourth-order valence-electron chi connectivity index (χ4n) is 0.920. The molecule has 0 aliphatic heterocycles. The second kappa shape index (κ2) is 5.53. The molecular formula is C8H17N3O2. The molecule has 0 spiro atoms. The summed E-state index contributed by atoms with van der Waals surface area (Å²) in [5.41, 5.74) is 10.4. The van der Waals surface area contributed by atoms with Crippen molar-refractivity contribution in [3.05, 3.63) is 0 Å². The van der Waals surface area contributed by atoms with Crippen molar-refractivity contribution in [1.82, 2.24) is 5.32 Å². The minimum absolute atomic E-state index is 0.148. The lowest BCUT2D eigenvalue weighted by Crippen LogP contribution is -2.44. The summed E-state index contributed by atoms with van der Waals surface area (Å²) in [4.78, 5) is 21.5. The Hall–Kier alpha value is -1.10. The van der Waals surface area contributed by atoms with E-state index in [-0.39, 0.29) is 12.5 Å². The van der Waals surface area contributed by atoms with Crippen LogP contribution in [0, 0.1) is 5.92 Å². The third kappa shape index (κ3) is 6.10. The minimum Gasteiger partial charge on any atom is -0.368 e. The van der Waals surface area contributed by atoms with Gasteiger partial charge < -0.3 is 16.8 Å². The van der Waals surface area contributed by atoms with E-state index in [1.54, 1.807) is 0 Å². The summed E-state index contributed by atoms with van der Waals surface area (Å²) in [6, 6.07) is -0.556. The number of hydrogen-bond donors (Lipinski definition) is 3. The van der Waals surface area contributed by atoms with E-state index < -0.39 is 11.9 Å². The third-order valence-electron chi connectivity index (χ3n) is 1.50. The van der Waals surface area contributed by atoms with E-state index in [4.69, 9.17) is 11.5 Å². The van der Waals surface area contributed by atoms with Gasteiger partial charge in [0.2, 0.25) is 11.8 Å². The first-order chi connectivity index (χ1) is 5.93. The van der Waals surface area contributed by atoms with E-state index >= 15 is 0 Å². The van der Waals surface area contributed by atoms with Crippen LogP contribution in [0.3, 0.4) is 0 Å². The van der Waals surface area contributed by atoms with E-state index in [1.807, 2.05) is 13.8 Å². The topological polar surface area (TPSA) is 98.2 Å². The van der Waals surface area contributed by atoms with Crippen LogP contribution in [-0.2, 0) is 9.59 Å². The lowest BCUT2D eigenvalue weighted by molar-refractivity contribution is -0.125. The predicted molar refractivity (Wildman–Crippen MR) is 49.6 cm³/mol. The molecule has 0 radical (unpaired) electrons. The second-order valence-electron chi connectivity index (χ2n) is 3.42. The van der Waals surface area contributed by atoms with Gasteiger partial charge >= 0.3 is 0 Å². The first-order valence-corrected chi connectivity index (χ1v) is 4.25. The predicted octanol–water partition coefficient (Wildman–Crippen LogP) is -1.04. The van der Waals surface area contributed by atoms with Gasteiger partial charge in [0, 0.05) is 0 Å². The fourth-order valence-corrected chi connectivity index (χ4v) is 0.920. The zero-order valence-electron chi connectivity index (χ0n) is 8.04. The summed E-state index contributed by atoms with van der Waals surface area (Å²) < 4.78 is 0. The minimum atomic E-state index is -0.565. The highest BCUT2D eigenvalue weighted by Gasteiger charge is 2.14. The Balaban J connectivity index is 3.76. The summed E-state index contributed by atoms with van der Waals surface area (Å²) in [6.07, 6.45) is 0.602. The van der Waals surface area contributed by atoms with Crippen molar-refractivity contribution < 1.29 is 9.59 Å². The smallest absolute Gasteiger partial charge is 0.237 e. The first-order valence-electron chi connectivity index (χ1n) is 4.25. The molecule has 0 saturated carbocycles. The maximum absolute atomic E-state index is 11.1. The number of primary amides is 1. The largest absolute Gasteiger partial charge is 0.368 e. The molecule has 0 aromatic carbocycles. The molecular weight excluding hydrogens is 170 g/mol. The third-order valence-corrected chi connectivity index (χ3v) is 1.50. The number of carbonyl (C=O) groups is 2. The Morgan fingerprint density at radius 2 is 1.92 bits per heavy atom. The maximum Gasteiger partial charge on any atom is 0.237 e. The molecule has 0 unspecified atom stereocenters. The molecule has 5 nitrogen and oxygen atoms in total. The molecule has 5 N–H and O–H groups in total. The van der Waals surface area contributed by atoms with Gasteiger partial charge in [0.15, 0.2) is 0 Å². The van der Waals surface area contributed by atoms with Gasteiger partial charge in [0.25, 0.3) is 0 Å². The zero-order chi connectivity index (χ0) is 10.4. The lowest BCUT2D eigenvalue weighted by Gasteiger charge is -2.12. The number of rotatable bonds is 5. The summed E-state index contributed by atoms with van der Waals surface area (Å²) in [6.45, 7) is 3.80. The van der Waals surface area contributed by atoms with Crippen molar-refractivity contribution in [2.45, 2.75) is 26.3 Å². The molecule has 0 rings (SSSR count). The van der Waals surface area contributed by atoms with E-state index in [0.29, 0.717) is 12.3 Å². The quantitative estimate of drug-likeness (QED) is 0.512. The van der Waals surface area contributed by atoms with Crippen molar-refractivity contribution in [2.24, 2.45) is 17.4 Å². The van der Waals surface area contributed by atoms with Crippen LogP contribution in [-0.4, -0.2) is 24.4 Å². The molecule has 0 bridgehead atoms. The molecule has 0 aliphatic carbocycles. The Morgan fingerprint density at radius 3 is 2.31 bits per heavy atom. The summed E-state index contributed by atoms with van der Waals surface area (Å²) in [5.74, 6) is -0.535. The van der Waals surface area contributed by atoms with Gasteiger partial charge in [-0.15, -0.1) is 0 Å². The highest BCUT2D eigenvalue weighted by atomic mass is 16.2. The average Bonchev–Trinajstić information content (AvgIpc) is 1.98. The van der Waals surface area contributed by atoms with Crippen LogP contribution in [0.1, 0.15) is 20.3 Å². The van der Waals surface area contributed by atoms with Crippen molar-refractivity contribution in [2.75, 3.05) is 6.54 Å². The van der Waals surface area contributed by atoms with Crippen molar-refractivity contribution in [1.29, 1.82) is 0 Å². The Labute approximate surface area is 77.8 Å². The van der Waals surface area contributed by atoms with Crippen LogP contribution in [0.25, 0.3) is 0 Å². The van der Waals surface area contributed by atoms with Crippen LogP contribution < -0.4 is 16.8 Å². The van der Waals surface area contributed by atoms with Crippen molar-refractivity contribution >= 4 is 11.8 Å². The Kier molecular flexibility index (Phi) is 5.06. The zero-order valence-corrected chi connectivity index (χ0v) is 8.04. The fraction of sp³-hybridized carbons (Fsp3) is 0.750. The molecule has 1 atom stereocenters. The molecule has 13 heavy (non-hydrogen) atoms. The molecule has 0 aromatic heterocycles. The lowest BCUT2D eigenvalue weighted by atomic mass is 10.0. The number of hydrogen-bond acceptors (Lipinski definition) is 3. The maximum atomic E-state index is 11.1. The van der Waals surface area contributed by atoms with E-state index in [2.05, 4.69) is 5.32 Å². The molecule has 76 valence electrons. The van der Waals surface area contributed by atoms with Crippen LogP contribution >= 0.6 is 0 Å². The molecule has 0 heterocycles. The normalized spacial score (nSPS) is 12.6. The van der Waals surface area contributed by atoms with Gasteiger partial charge in [-0.2, -0.15) is 0 Å². The van der Waals surface area contributed by atoms with Gasteiger partial charge in [-0.1, -0.05) is 13.8 Å². The molecule has 2 amide bonds. The summed E-state index contributed by atoms with van der Waals surface area (Å²) in [7, 11) is 0. The van der Waals surface area contributed by atoms with Crippen LogP contribution in [0.15, 0.2) is 0 Å². The van der Waals surface area contributed by atoms with Gasteiger partial charge in [0.05, 0.1) is 12.6 Å². The number of nitrogens with one attached hydrogen (secondary N) is 1. The average molecular weight is 187 g/mol. The first kappa shape index (κ1) is 11.9. The second-order valence-corrected chi connectivity index (χ2v) is 3.42. The van der Waals surface area contributed by atoms with Crippen molar-refractivity contribution in [3.8, 4) is 0 Å². The monoisotopic (exact) mass is 187 g/mol. The van der Waals surface area contributed by atoms with Crippen LogP contribution in [0.4, 0.5) is 0 Å². The van der Waals surface area contributed by atoms with Crippen molar-refractivity contribution in [3.63, 3.8) is 0 Å². The molecule has 5 heteroatoms. The Morgan fingerprint density at radius 1 is 1.38 bits per heavy atom. The summed E-state index contributed by atoms with van der Waals surface area (Å²) >= 11 is 0. The van der Waals surface area contributed by atoms with E-state index in [1.165, 1.54) is 0 Å². The number of carbonyl (C=O) groups excluding carboxylic acids is 2. The van der Waals surface area contributed by atoms with E-state index in [0.717, 1.165) is 0 Å². The highest BCUT2D eigenvalue weighted by Crippen LogP contribution is 2.01. The van der Waals surface area contributed by atoms with Crippen LogP contribution in [0.5, 0.6) is 0 Å². The van der Waals surface area contributed by atoms with Gasteiger partial charge in [0.1, 0.15) is 0 Å². The summed E-state index contributed by atoms with van der Waals surface area (Å²) in [5, 5.41) is 2.35. The Bertz CT molecular complexity index is 192. The number of nitrogens with two attached hydrogens (primary N) is 2. The standard InChI is InChI=1S/C8H17N3O2/c1-5(2)3-6(9)8(13)11-4-7(10)12/h5-6H,3-4,9H2,1-2H3,(H2,10,12)(H,11,13)/t6-/m0/s1. The number of amides is 2. The molecule has 0 aliphatic rings. The van der Waals surface area contributed by atoms with Gasteiger partial charge in [-0.3, -0.25) is 9.59 Å². The highest BCUT2D eigenvalue weighted by molar-refractivity contribution is 5.86. The van der Waals surface area contributed by atoms with Crippen LogP contribution in [0.2, 0.25) is 0 Å². The molecule has 0 fully saturated rings. The van der Waals surface area contributed by atoms with Gasteiger partial charge in [-0.25, -0.2) is 0 Å². The SMILES string of the molecule is CC(C)C[C@H](N)C(=O)NCC(N)=O. The van der Waals surface area contributed by atoms with Gasteiger partial charge in [-0.05, 0) is 12.3 Å². The van der Waals surface area contributed by atoms with E-state index in [9.17, 15) is 9.59 Å². The molecule has 0 aromatic rings.